The molecule has 280 valence electrons. The van der Waals surface area contributed by atoms with Gasteiger partial charge in [-0.3, -0.25) is 9.59 Å². The number of hydrogen-bond acceptors (Lipinski definition) is 10. The number of benzene rings is 2. The first-order valence-corrected chi connectivity index (χ1v) is 18.9. The van der Waals surface area contributed by atoms with Crippen molar-refractivity contribution in [3.05, 3.63) is 94.5 Å². The lowest BCUT2D eigenvalue weighted by molar-refractivity contribution is -0.0119. The van der Waals surface area contributed by atoms with Gasteiger partial charge in [0.25, 0.3) is 5.91 Å². The molecule has 2 aromatic carbocycles. The van der Waals surface area contributed by atoms with E-state index in [4.69, 9.17) is 28.1 Å². The van der Waals surface area contributed by atoms with Crippen LogP contribution in [-0.4, -0.2) is 91.0 Å². The average Bonchev–Trinajstić information content (AvgIpc) is 3.97. The van der Waals surface area contributed by atoms with Crippen molar-refractivity contribution in [3.63, 3.8) is 0 Å². The molecule has 12 heteroatoms. The van der Waals surface area contributed by atoms with Crippen molar-refractivity contribution in [1.29, 1.82) is 0 Å². The maximum absolute atomic E-state index is 14.0. The fraction of sp³-hybridized carbons (Fsp3) is 0.450. The van der Waals surface area contributed by atoms with E-state index in [1.807, 2.05) is 36.6 Å². The van der Waals surface area contributed by atoms with Crippen molar-refractivity contribution >= 4 is 45.9 Å². The minimum absolute atomic E-state index is 0.0511. The van der Waals surface area contributed by atoms with Gasteiger partial charge < -0.3 is 37.7 Å². The average molecular weight is 737 g/mol. The number of ketones is 1. The van der Waals surface area contributed by atoms with E-state index in [1.54, 1.807) is 44.1 Å². The molecule has 3 aromatic rings. The molecule has 1 aromatic heterocycles. The molecule has 5 rings (SSSR count). The van der Waals surface area contributed by atoms with Crippen LogP contribution >= 0.6 is 11.9 Å². The Bertz CT molecular complexity index is 1730. The second kappa shape index (κ2) is 20.5. The van der Waals surface area contributed by atoms with Gasteiger partial charge in [-0.2, -0.15) is 0 Å². The van der Waals surface area contributed by atoms with E-state index in [1.165, 1.54) is 11.6 Å². The molecule has 10 nitrogen and oxygen atoms in total. The zero-order valence-corrected chi connectivity index (χ0v) is 31.1. The summed E-state index contributed by atoms with van der Waals surface area (Å²) in [6, 6.07) is 11.5. The van der Waals surface area contributed by atoms with E-state index in [9.17, 15) is 14.0 Å². The quantitative estimate of drug-likeness (QED) is 0.0600. The van der Waals surface area contributed by atoms with Crippen molar-refractivity contribution in [2.24, 2.45) is 0 Å². The monoisotopic (exact) mass is 736 g/mol. The number of rotatable bonds is 23. The number of carbonyl (C=O) groups excluding carboxylic acids is 2. The van der Waals surface area contributed by atoms with Gasteiger partial charge in [-0.05, 0) is 55.0 Å². The molecule has 1 amide bonds. The van der Waals surface area contributed by atoms with E-state index in [2.05, 4.69) is 15.7 Å². The number of Topliss-reactive ketones (excluding diaryl/α,β-unsaturated/α-hetero) is 1. The number of carbonyl (C=O) groups is 2. The van der Waals surface area contributed by atoms with Crippen LogP contribution in [0.4, 0.5) is 10.1 Å². The minimum atomic E-state index is -0.246. The third kappa shape index (κ3) is 11.4. The Hall–Kier alpha value is -3.78. The Kier molecular flexibility index (Phi) is 15.5. The molecule has 1 saturated carbocycles. The number of furan rings is 1. The summed E-state index contributed by atoms with van der Waals surface area (Å²) in [7, 11) is 1.60. The van der Waals surface area contributed by atoms with Crippen LogP contribution in [0.5, 0.6) is 0 Å². The zero-order valence-electron chi connectivity index (χ0n) is 30.2. The SMILES string of the molecule is CNC(=O)c1c(C2=CC=C(F)CC=C2)oc2cc(N(CCOCCOCCOCCOCCOCc3ccc(C(C)=O)cc3)SC)c(C3CC3)cc12. The summed E-state index contributed by atoms with van der Waals surface area (Å²) >= 11 is 1.62. The first-order valence-electron chi connectivity index (χ1n) is 17.8. The fourth-order valence-electron chi connectivity index (χ4n) is 5.76. The van der Waals surface area contributed by atoms with E-state index < -0.39 is 0 Å². The van der Waals surface area contributed by atoms with Gasteiger partial charge in [0.2, 0.25) is 0 Å². The number of nitrogens with one attached hydrogen (secondary N) is 1. The van der Waals surface area contributed by atoms with Gasteiger partial charge in [0.15, 0.2) is 5.78 Å². The second-order valence-corrected chi connectivity index (χ2v) is 13.3. The number of halogens is 1. The Balaban J connectivity index is 0.994. The van der Waals surface area contributed by atoms with Crippen LogP contribution in [-0.2, 0) is 30.3 Å². The molecule has 0 unspecified atom stereocenters. The van der Waals surface area contributed by atoms with Crippen molar-refractivity contribution < 1.29 is 42.1 Å². The maximum Gasteiger partial charge on any atom is 0.255 e. The summed E-state index contributed by atoms with van der Waals surface area (Å²) in [5.74, 6) is 0.417. The summed E-state index contributed by atoms with van der Waals surface area (Å²) < 4.78 is 50.8. The van der Waals surface area contributed by atoms with Crippen molar-refractivity contribution in [2.75, 3.05) is 83.6 Å². The molecule has 0 radical (unpaired) electrons. The highest BCUT2D eigenvalue weighted by Crippen LogP contribution is 2.48. The van der Waals surface area contributed by atoms with Crippen LogP contribution in [0, 0.1) is 0 Å². The summed E-state index contributed by atoms with van der Waals surface area (Å²) in [5, 5.41) is 3.51. The van der Waals surface area contributed by atoms with E-state index >= 15 is 0 Å². The van der Waals surface area contributed by atoms with Gasteiger partial charge in [0, 0.05) is 42.3 Å². The van der Waals surface area contributed by atoms with E-state index in [0.717, 1.165) is 29.5 Å². The Morgan fingerprint density at radius 2 is 1.54 bits per heavy atom. The van der Waals surface area contributed by atoms with Gasteiger partial charge in [-0.1, -0.05) is 48.4 Å². The first-order chi connectivity index (χ1) is 25.4. The van der Waals surface area contributed by atoms with Crippen LogP contribution < -0.4 is 9.62 Å². The summed E-state index contributed by atoms with van der Waals surface area (Å²) in [6.45, 7) is 6.98. The molecule has 0 saturated heterocycles. The first kappa shape index (κ1) is 39.4. The number of fused-ring (bicyclic) bond motifs is 1. The lowest BCUT2D eigenvalue weighted by Crippen LogP contribution is -2.22. The third-order valence-electron chi connectivity index (χ3n) is 8.67. The van der Waals surface area contributed by atoms with Gasteiger partial charge in [0.1, 0.15) is 17.2 Å². The number of allylic oxidation sites excluding steroid dienone is 6. The molecule has 0 spiro atoms. The Labute approximate surface area is 309 Å². The Morgan fingerprint density at radius 3 is 2.13 bits per heavy atom. The number of ether oxygens (including phenoxy) is 5. The molecule has 1 fully saturated rings. The van der Waals surface area contributed by atoms with Gasteiger partial charge in [-0.25, -0.2) is 4.39 Å². The molecule has 0 bridgehead atoms. The number of hydrogen-bond donors (Lipinski definition) is 1. The largest absolute Gasteiger partial charge is 0.455 e. The molecule has 1 heterocycles. The molecular weight excluding hydrogens is 688 g/mol. The predicted octanol–water partition coefficient (Wildman–Crippen LogP) is 7.44. The second-order valence-electron chi connectivity index (χ2n) is 12.4. The highest BCUT2D eigenvalue weighted by atomic mass is 32.2. The Morgan fingerprint density at radius 1 is 0.904 bits per heavy atom. The van der Waals surface area contributed by atoms with Crippen LogP contribution in [0.1, 0.15) is 69.7 Å². The topological polar surface area (TPSA) is 109 Å². The normalized spacial score (nSPS) is 14.3. The number of anilines is 1. The summed E-state index contributed by atoms with van der Waals surface area (Å²) in [6.07, 6.45) is 11.0. The predicted molar refractivity (Wildman–Crippen MR) is 203 cm³/mol. The van der Waals surface area contributed by atoms with Crippen LogP contribution in [0.3, 0.4) is 0 Å². The van der Waals surface area contributed by atoms with Crippen LogP contribution in [0.25, 0.3) is 16.5 Å². The lowest BCUT2D eigenvalue weighted by atomic mass is 10.00. The zero-order chi connectivity index (χ0) is 36.7. The van der Waals surface area contributed by atoms with Crippen LogP contribution in [0.15, 0.2) is 70.9 Å². The molecule has 0 aliphatic heterocycles. The summed E-state index contributed by atoms with van der Waals surface area (Å²) in [5.41, 5.74) is 5.67. The van der Waals surface area contributed by atoms with Gasteiger partial charge in [-0.15, -0.1) is 0 Å². The number of nitrogens with zero attached hydrogens (tertiary/aromatic N) is 1. The highest BCUT2D eigenvalue weighted by Gasteiger charge is 2.31. The van der Waals surface area contributed by atoms with Crippen molar-refractivity contribution in [3.8, 4) is 0 Å². The minimum Gasteiger partial charge on any atom is -0.455 e. The highest BCUT2D eigenvalue weighted by molar-refractivity contribution is 7.99. The van der Waals surface area contributed by atoms with Crippen LogP contribution in [0.2, 0.25) is 0 Å². The molecule has 2 aliphatic carbocycles. The molecule has 1 N–H and O–H groups in total. The summed E-state index contributed by atoms with van der Waals surface area (Å²) in [4.78, 5) is 24.5. The van der Waals surface area contributed by atoms with E-state index in [0.29, 0.717) is 107 Å². The van der Waals surface area contributed by atoms with Crippen molar-refractivity contribution in [1.82, 2.24) is 5.32 Å². The smallest absolute Gasteiger partial charge is 0.255 e. The molecule has 52 heavy (non-hydrogen) atoms. The van der Waals surface area contributed by atoms with Gasteiger partial charge >= 0.3 is 0 Å². The molecule has 2 aliphatic rings. The molecule has 0 atom stereocenters. The standard InChI is InChI=1S/C40H49FN2O8S/c1-28(44)30-9-7-29(8-10-30)27-50-24-23-49-22-21-48-20-19-47-18-17-46-16-15-43(52-3)36-26-37-35(25-34(36)31-11-12-31)38(40(45)42-2)39(51-37)32-5-4-6-33(41)14-13-32/h4-5,7-10,13-14,25-26,31H,6,11-12,15-24,27H2,1-3H3,(H,42,45). The number of amides is 1. The maximum atomic E-state index is 14.0. The molecular formula is C40H49FN2O8S. The van der Waals surface area contributed by atoms with Crippen molar-refractivity contribution in [2.45, 2.75) is 38.7 Å². The van der Waals surface area contributed by atoms with Gasteiger partial charge in [0.05, 0.1) is 83.9 Å². The fourth-order valence-corrected chi connectivity index (χ4v) is 6.37. The van der Waals surface area contributed by atoms with E-state index in [-0.39, 0.29) is 23.9 Å². The lowest BCUT2D eigenvalue weighted by Gasteiger charge is -2.24. The third-order valence-corrected chi connectivity index (χ3v) is 9.49.